The van der Waals surface area contributed by atoms with E-state index in [1.807, 2.05) is 39.0 Å². The van der Waals surface area contributed by atoms with E-state index in [9.17, 15) is 0 Å². The largest absolute Gasteiger partial charge is 0.490 e. The maximum atomic E-state index is 8.56. The molecule has 1 aromatic rings. The molecule has 0 fully saturated rings. The Kier molecular flexibility index (Phi) is 6.49. The third-order valence-corrected chi connectivity index (χ3v) is 2.60. The summed E-state index contributed by atoms with van der Waals surface area (Å²) in [5.74, 6) is 1.63. The van der Waals surface area contributed by atoms with E-state index >= 15 is 0 Å². The number of hydrogen-bond donors (Lipinski definition) is 3. The number of anilines is 1. The summed E-state index contributed by atoms with van der Waals surface area (Å²) in [7, 11) is 0. The second kappa shape index (κ2) is 8.14. The standard InChI is InChI=1S/C14H23N3O3/c1-4-19-12-7-6-11(9-13(12)20-5-2)16-10(3)8-14(15)17-18/h6-7,9-10,16,18H,4-5,8H2,1-3H3,(H2,15,17). The Morgan fingerprint density at radius 1 is 1.30 bits per heavy atom. The van der Waals surface area contributed by atoms with Crippen molar-refractivity contribution in [2.45, 2.75) is 33.2 Å². The molecule has 0 aromatic heterocycles. The van der Waals surface area contributed by atoms with E-state index in [2.05, 4.69) is 10.5 Å². The number of hydrogen-bond acceptors (Lipinski definition) is 5. The fourth-order valence-corrected chi connectivity index (χ4v) is 1.83. The molecule has 0 saturated heterocycles. The zero-order valence-corrected chi connectivity index (χ0v) is 12.2. The van der Waals surface area contributed by atoms with Crippen LogP contribution in [-0.4, -0.2) is 30.3 Å². The number of rotatable bonds is 8. The van der Waals surface area contributed by atoms with Gasteiger partial charge >= 0.3 is 0 Å². The third kappa shape index (κ3) is 4.87. The molecule has 0 saturated carbocycles. The van der Waals surface area contributed by atoms with Gasteiger partial charge in [-0.3, -0.25) is 0 Å². The molecule has 6 nitrogen and oxygen atoms in total. The van der Waals surface area contributed by atoms with Crippen molar-refractivity contribution in [1.29, 1.82) is 0 Å². The maximum Gasteiger partial charge on any atom is 0.163 e. The van der Waals surface area contributed by atoms with Gasteiger partial charge in [0, 0.05) is 24.2 Å². The molecule has 0 radical (unpaired) electrons. The Balaban J connectivity index is 2.78. The lowest BCUT2D eigenvalue weighted by Crippen LogP contribution is -2.24. The van der Waals surface area contributed by atoms with E-state index in [0.29, 0.717) is 25.4 Å². The molecule has 6 heteroatoms. The molecule has 1 aromatic carbocycles. The predicted molar refractivity (Wildman–Crippen MR) is 79.9 cm³/mol. The quantitative estimate of drug-likeness (QED) is 0.295. The van der Waals surface area contributed by atoms with Crippen molar-refractivity contribution in [2.24, 2.45) is 10.9 Å². The molecule has 0 spiro atoms. The van der Waals surface area contributed by atoms with E-state index in [1.165, 1.54) is 0 Å². The van der Waals surface area contributed by atoms with Crippen molar-refractivity contribution in [1.82, 2.24) is 0 Å². The van der Waals surface area contributed by atoms with Gasteiger partial charge < -0.3 is 25.7 Å². The highest BCUT2D eigenvalue weighted by molar-refractivity contribution is 5.80. The van der Waals surface area contributed by atoms with Gasteiger partial charge in [0.05, 0.1) is 13.2 Å². The lowest BCUT2D eigenvalue weighted by Gasteiger charge is -2.17. The van der Waals surface area contributed by atoms with Crippen LogP contribution in [-0.2, 0) is 0 Å². The van der Waals surface area contributed by atoms with Crippen LogP contribution in [0.5, 0.6) is 11.5 Å². The van der Waals surface area contributed by atoms with Crippen LogP contribution in [0.3, 0.4) is 0 Å². The van der Waals surface area contributed by atoms with E-state index in [0.717, 1.165) is 11.4 Å². The van der Waals surface area contributed by atoms with E-state index < -0.39 is 0 Å². The zero-order chi connectivity index (χ0) is 15.0. The summed E-state index contributed by atoms with van der Waals surface area (Å²) in [5, 5.41) is 14.8. The Morgan fingerprint density at radius 3 is 2.55 bits per heavy atom. The van der Waals surface area contributed by atoms with E-state index in [4.69, 9.17) is 20.4 Å². The summed E-state index contributed by atoms with van der Waals surface area (Å²) in [6, 6.07) is 5.71. The van der Waals surface area contributed by atoms with Crippen LogP contribution < -0.4 is 20.5 Å². The average Bonchev–Trinajstić information content (AvgIpc) is 2.42. The van der Waals surface area contributed by atoms with Gasteiger partial charge in [-0.25, -0.2) is 0 Å². The molecule has 0 aliphatic heterocycles. The van der Waals surface area contributed by atoms with Crippen LogP contribution in [0.25, 0.3) is 0 Å². The van der Waals surface area contributed by atoms with Crippen LogP contribution in [0.4, 0.5) is 5.69 Å². The Morgan fingerprint density at radius 2 is 1.95 bits per heavy atom. The first kappa shape index (κ1) is 15.9. The van der Waals surface area contributed by atoms with Gasteiger partial charge in [0.1, 0.15) is 5.84 Å². The fourth-order valence-electron chi connectivity index (χ4n) is 1.83. The molecule has 4 N–H and O–H groups in total. The summed E-state index contributed by atoms with van der Waals surface area (Å²) in [5.41, 5.74) is 6.38. The number of amidine groups is 1. The van der Waals surface area contributed by atoms with Crippen molar-refractivity contribution in [2.75, 3.05) is 18.5 Å². The fraction of sp³-hybridized carbons (Fsp3) is 0.500. The Hall–Kier alpha value is -2.11. The number of nitrogens with one attached hydrogen (secondary N) is 1. The summed E-state index contributed by atoms with van der Waals surface area (Å²) in [6.45, 7) is 6.97. The van der Waals surface area contributed by atoms with Gasteiger partial charge in [0.25, 0.3) is 0 Å². The molecule has 0 amide bonds. The molecular weight excluding hydrogens is 258 g/mol. The minimum absolute atomic E-state index is 0.0401. The first-order valence-corrected chi connectivity index (χ1v) is 6.73. The molecule has 0 heterocycles. The molecule has 0 bridgehead atoms. The summed E-state index contributed by atoms with van der Waals surface area (Å²) >= 11 is 0. The first-order chi connectivity index (χ1) is 9.60. The normalized spacial score (nSPS) is 12.8. The molecule has 1 unspecified atom stereocenters. The highest BCUT2D eigenvalue weighted by Gasteiger charge is 2.09. The number of nitrogens with two attached hydrogens (primary N) is 1. The number of oxime groups is 1. The molecule has 0 aliphatic carbocycles. The highest BCUT2D eigenvalue weighted by atomic mass is 16.5. The minimum Gasteiger partial charge on any atom is -0.490 e. The number of nitrogens with zero attached hydrogens (tertiary/aromatic N) is 1. The van der Waals surface area contributed by atoms with E-state index in [1.54, 1.807) is 0 Å². The second-order valence-electron chi connectivity index (χ2n) is 4.37. The van der Waals surface area contributed by atoms with Crippen molar-refractivity contribution < 1.29 is 14.7 Å². The maximum absolute atomic E-state index is 8.56. The highest BCUT2D eigenvalue weighted by Crippen LogP contribution is 2.30. The van der Waals surface area contributed by atoms with Crippen LogP contribution in [0.2, 0.25) is 0 Å². The van der Waals surface area contributed by atoms with Crippen molar-refractivity contribution in [3.05, 3.63) is 18.2 Å². The predicted octanol–water partition coefficient (Wildman–Crippen LogP) is 2.42. The monoisotopic (exact) mass is 281 g/mol. The van der Waals surface area contributed by atoms with Gasteiger partial charge in [0.2, 0.25) is 0 Å². The van der Waals surface area contributed by atoms with Crippen LogP contribution in [0.1, 0.15) is 27.2 Å². The van der Waals surface area contributed by atoms with Gasteiger partial charge in [-0.15, -0.1) is 0 Å². The Bertz CT molecular complexity index is 449. The van der Waals surface area contributed by atoms with E-state index in [-0.39, 0.29) is 11.9 Å². The zero-order valence-electron chi connectivity index (χ0n) is 12.2. The van der Waals surface area contributed by atoms with Crippen LogP contribution in [0.15, 0.2) is 23.4 Å². The topological polar surface area (TPSA) is 89.1 Å². The molecule has 112 valence electrons. The summed E-state index contributed by atoms with van der Waals surface area (Å²) in [6.07, 6.45) is 0.452. The van der Waals surface area contributed by atoms with Crippen molar-refractivity contribution in [3.8, 4) is 11.5 Å². The molecule has 1 rings (SSSR count). The van der Waals surface area contributed by atoms with Gasteiger partial charge in [0.15, 0.2) is 11.5 Å². The minimum atomic E-state index is 0.0401. The smallest absolute Gasteiger partial charge is 0.163 e. The third-order valence-electron chi connectivity index (χ3n) is 2.60. The summed E-state index contributed by atoms with van der Waals surface area (Å²) in [4.78, 5) is 0. The molecule has 0 aliphatic rings. The lowest BCUT2D eigenvalue weighted by atomic mass is 10.2. The molecular formula is C14H23N3O3. The number of benzene rings is 1. The van der Waals surface area contributed by atoms with Crippen molar-refractivity contribution in [3.63, 3.8) is 0 Å². The van der Waals surface area contributed by atoms with Crippen LogP contribution in [0, 0.1) is 0 Å². The van der Waals surface area contributed by atoms with Gasteiger partial charge in [-0.05, 0) is 32.9 Å². The second-order valence-corrected chi connectivity index (χ2v) is 4.37. The van der Waals surface area contributed by atoms with Crippen molar-refractivity contribution >= 4 is 11.5 Å². The van der Waals surface area contributed by atoms with Gasteiger partial charge in [-0.2, -0.15) is 0 Å². The first-order valence-electron chi connectivity index (χ1n) is 6.73. The van der Waals surface area contributed by atoms with Crippen LogP contribution >= 0.6 is 0 Å². The molecule has 20 heavy (non-hydrogen) atoms. The molecule has 1 atom stereocenters. The lowest BCUT2D eigenvalue weighted by molar-refractivity contribution is 0.288. The number of ether oxygens (including phenoxy) is 2. The average molecular weight is 281 g/mol. The Labute approximate surface area is 119 Å². The van der Waals surface area contributed by atoms with Gasteiger partial charge in [-0.1, -0.05) is 5.16 Å². The summed E-state index contributed by atoms with van der Waals surface area (Å²) < 4.78 is 11.1. The SMILES string of the molecule is CCOc1ccc(NC(C)CC(N)=NO)cc1OCC.